The van der Waals surface area contributed by atoms with Crippen molar-refractivity contribution in [1.29, 1.82) is 0 Å². The van der Waals surface area contributed by atoms with E-state index in [0.717, 1.165) is 42.4 Å². The minimum Gasteiger partial charge on any atom is -0.361 e. The van der Waals surface area contributed by atoms with Gasteiger partial charge in [0, 0.05) is 24.7 Å². The summed E-state index contributed by atoms with van der Waals surface area (Å²) in [6.07, 6.45) is 7.97. The third-order valence-corrected chi connectivity index (χ3v) is 3.96. The molecule has 1 N–H and O–H groups in total. The van der Waals surface area contributed by atoms with Crippen molar-refractivity contribution in [2.24, 2.45) is 0 Å². The van der Waals surface area contributed by atoms with Gasteiger partial charge in [0.15, 0.2) is 0 Å². The summed E-state index contributed by atoms with van der Waals surface area (Å²) in [4.78, 5) is 17.9. The lowest BCUT2D eigenvalue weighted by molar-refractivity contribution is 0.0744. The minimum atomic E-state index is 0.176. The fraction of sp³-hybridized carbons (Fsp3) is 0.438. The zero-order chi connectivity index (χ0) is 13.1. The first-order valence-corrected chi connectivity index (χ1v) is 7.21. The number of nitrogens with zero attached hydrogens (tertiary/aromatic N) is 1. The highest BCUT2D eigenvalue weighted by Crippen LogP contribution is 2.20. The molecule has 0 radical (unpaired) electrons. The van der Waals surface area contributed by atoms with Crippen LogP contribution in [0.25, 0.3) is 10.9 Å². The molecular formula is C16H20N2O. The summed E-state index contributed by atoms with van der Waals surface area (Å²) in [6.45, 7) is 1.80. The molecule has 1 aromatic carbocycles. The minimum absolute atomic E-state index is 0.176. The molecule has 19 heavy (non-hydrogen) atoms. The van der Waals surface area contributed by atoms with Gasteiger partial charge in [-0.3, -0.25) is 4.79 Å². The summed E-state index contributed by atoms with van der Waals surface area (Å²) < 4.78 is 0. The summed E-state index contributed by atoms with van der Waals surface area (Å²) in [7, 11) is 0. The molecule has 2 aromatic rings. The number of hydrogen-bond acceptors (Lipinski definition) is 1. The fourth-order valence-corrected chi connectivity index (χ4v) is 2.88. The van der Waals surface area contributed by atoms with Crippen LogP contribution in [-0.4, -0.2) is 28.9 Å². The van der Waals surface area contributed by atoms with E-state index in [0.29, 0.717) is 0 Å². The monoisotopic (exact) mass is 256 g/mol. The standard InChI is InChI=1S/C16H20N2O/c19-16(18-11-4-2-1-3-5-12-18)14-8-6-7-13-9-10-17-15(13)14/h6-10,17H,1-5,11-12H2. The Morgan fingerprint density at radius 2 is 1.74 bits per heavy atom. The molecule has 1 aromatic heterocycles. The van der Waals surface area contributed by atoms with Gasteiger partial charge < -0.3 is 9.88 Å². The fourth-order valence-electron chi connectivity index (χ4n) is 2.88. The quantitative estimate of drug-likeness (QED) is 0.832. The van der Waals surface area contributed by atoms with Crippen LogP contribution in [0, 0.1) is 0 Å². The summed E-state index contributed by atoms with van der Waals surface area (Å²) in [6, 6.07) is 7.95. The van der Waals surface area contributed by atoms with Gasteiger partial charge in [0.25, 0.3) is 5.91 Å². The highest BCUT2D eigenvalue weighted by molar-refractivity contribution is 6.05. The lowest BCUT2D eigenvalue weighted by atomic mass is 10.1. The molecule has 2 heterocycles. The molecule has 1 saturated heterocycles. The van der Waals surface area contributed by atoms with Crippen LogP contribution >= 0.6 is 0 Å². The van der Waals surface area contributed by atoms with Crippen molar-refractivity contribution in [2.45, 2.75) is 32.1 Å². The molecule has 0 bridgehead atoms. The lowest BCUT2D eigenvalue weighted by Gasteiger charge is -2.25. The zero-order valence-corrected chi connectivity index (χ0v) is 11.2. The number of likely N-dealkylation sites (tertiary alicyclic amines) is 1. The van der Waals surface area contributed by atoms with E-state index in [1.54, 1.807) is 0 Å². The normalized spacial score (nSPS) is 17.2. The van der Waals surface area contributed by atoms with Gasteiger partial charge in [0.1, 0.15) is 0 Å². The first-order chi connectivity index (χ1) is 9.36. The second-order valence-electron chi connectivity index (χ2n) is 5.31. The Morgan fingerprint density at radius 1 is 1.00 bits per heavy atom. The average Bonchev–Trinajstić information content (AvgIpc) is 2.85. The highest BCUT2D eigenvalue weighted by Gasteiger charge is 2.18. The van der Waals surface area contributed by atoms with Crippen molar-refractivity contribution in [1.82, 2.24) is 9.88 Å². The Hall–Kier alpha value is -1.77. The van der Waals surface area contributed by atoms with Gasteiger partial charge in [-0.15, -0.1) is 0 Å². The van der Waals surface area contributed by atoms with Gasteiger partial charge in [-0.25, -0.2) is 0 Å². The Morgan fingerprint density at radius 3 is 2.53 bits per heavy atom. The van der Waals surface area contributed by atoms with Crippen LogP contribution in [0.1, 0.15) is 42.5 Å². The molecule has 0 saturated carbocycles. The van der Waals surface area contributed by atoms with Crippen molar-refractivity contribution in [2.75, 3.05) is 13.1 Å². The van der Waals surface area contributed by atoms with Crippen LogP contribution in [0.4, 0.5) is 0 Å². The number of H-pyrrole nitrogens is 1. The van der Waals surface area contributed by atoms with Gasteiger partial charge in [0.05, 0.1) is 11.1 Å². The van der Waals surface area contributed by atoms with Crippen molar-refractivity contribution < 1.29 is 4.79 Å². The molecule has 3 rings (SSSR count). The molecule has 0 aliphatic carbocycles. The molecule has 1 aliphatic rings. The molecule has 1 fully saturated rings. The third-order valence-electron chi connectivity index (χ3n) is 3.96. The van der Waals surface area contributed by atoms with Crippen molar-refractivity contribution >= 4 is 16.8 Å². The average molecular weight is 256 g/mol. The number of aromatic amines is 1. The maximum Gasteiger partial charge on any atom is 0.255 e. The van der Waals surface area contributed by atoms with Crippen LogP contribution in [-0.2, 0) is 0 Å². The van der Waals surface area contributed by atoms with E-state index >= 15 is 0 Å². The maximum atomic E-state index is 12.7. The van der Waals surface area contributed by atoms with E-state index in [4.69, 9.17) is 0 Å². The summed E-state index contributed by atoms with van der Waals surface area (Å²) >= 11 is 0. The maximum absolute atomic E-state index is 12.7. The van der Waals surface area contributed by atoms with Crippen molar-refractivity contribution in [3.8, 4) is 0 Å². The van der Waals surface area contributed by atoms with E-state index in [-0.39, 0.29) is 5.91 Å². The Bertz CT molecular complexity index is 565. The summed E-state index contributed by atoms with van der Waals surface area (Å²) in [5, 5.41) is 1.11. The number of aromatic nitrogens is 1. The molecule has 100 valence electrons. The second-order valence-corrected chi connectivity index (χ2v) is 5.31. The Balaban J connectivity index is 1.87. The molecule has 1 aliphatic heterocycles. The molecule has 0 atom stereocenters. The SMILES string of the molecule is O=C(c1cccc2cc[nH]c12)N1CCCCCCC1. The zero-order valence-electron chi connectivity index (χ0n) is 11.2. The van der Waals surface area contributed by atoms with Gasteiger partial charge in [0.2, 0.25) is 0 Å². The van der Waals surface area contributed by atoms with E-state index in [1.807, 2.05) is 35.4 Å². The molecular weight excluding hydrogens is 236 g/mol. The number of nitrogens with one attached hydrogen (secondary N) is 1. The van der Waals surface area contributed by atoms with Crippen LogP contribution in [0.3, 0.4) is 0 Å². The molecule has 0 spiro atoms. The number of carbonyl (C=O) groups excluding carboxylic acids is 1. The predicted octanol–water partition coefficient (Wildman–Crippen LogP) is 3.57. The topological polar surface area (TPSA) is 36.1 Å². The third kappa shape index (κ3) is 2.50. The van der Waals surface area contributed by atoms with E-state index < -0.39 is 0 Å². The van der Waals surface area contributed by atoms with Gasteiger partial charge in [-0.05, 0) is 25.0 Å². The predicted molar refractivity (Wildman–Crippen MR) is 77.3 cm³/mol. The Kier molecular flexibility index (Phi) is 3.53. The van der Waals surface area contributed by atoms with Gasteiger partial charge in [-0.1, -0.05) is 31.4 Å². The van der Waals surface area contributed by atoms with Crippen LogP contribution in [0.5, 0.6) is 0 Å². The smallest absolute Gasteiger partial charge is 0.255 e. The number of carbonyl (C=O) groups is 1. The van der Waals surface area contributed by atoms with Gasteiger partial charge in [-0.2, -0.15) is 0 Å². The first-order valence-electron chi connectivity index (χ1n) is 7.21. The molecule has 3 nitrogen and oxygen atoms in total. The molecule has 0 unspecified atom stereocenters. The summed E-state index contributed by atoms with van der Waals surface area (Å²) in [5.74, 6) is 0.176. The van der Waals surface area contributed by atoms with Crippen LogP contribution < -0.4 is 0 Å². The number of fused-ring (bicyclic) bond motifs is 1. The number of hydrogen-bond donors (Lipinski definition) is 1. The number of benzene rings is 1. The van der Waals surface area contributed by atoms with Crippen LogP contribution in [0.15, 0.2) is 30.5 Å². The van der Waals surface area contributed by atoms with E-state index in [9.17, 15) is 4.79 Å². The second kappa shape index (κ2) is 5.47. The first kappa shape index (κ1) is 12.3. The lowest BCUT2D eigenvalue weighted by Crippen LogP contribution is -2.33. The summed E-state index contributed by atoms with van der Waals surface area (Å²) in [5.41, 5.74) is 1.78. The Labute approximate surface area is 113 Å². The van der Waals surface area contributed by atoms with Crippen molar-refractivity contribution in [3.05, 3.63) is 36.0 Å². The molecule has 3 heteroatoms. The highest BCUT2D eigenvalue weighted by atomic mass is 16.2. The van der Waals surface area contributed by atoms with Gasteiger partial charge >= 0.3 is 0 Å². The number of rotatable bonds is 1. The molecule has 1 amide bonds. The largest absolute Gasteiger partial charge is 0.361 e. The number of amides is 1. The van der Waals surface area contributed by atoms with E-state index in [2.05, 4.69) is 4.98 Å². The van der Waals surface area contributed by atoms with E-state index in [1.165, 1.54) is 19.3 Å². The number of para-hydroxylation sites is 1. The van der Waals surface area contributed by atoms with Crippen molar-refractivity contribution in [3.63, 3.8) is 0 Å². The van der Waals surface area contributed by atoms with Crippen LogP contribution in [0.2, 0.25) is 0 Å².